The molecule has 0 saturated heterocycles. The summed E-state index contributed by atoms with van der Waals surface area (Å²) in [5.74, 6) is 0.509. The first kappa shape index (κ1) is 24.2. The van der Waals surface area contributed by atoms with E-state index >= 15 is 0 Å². The number of rotatable bonds is 12. The van der Waals surface area contributed by atoms with E-state index in [4.69, 9.17) is 24.8 Å². The van der Waals surface area contributed by atoms with Crippen molar-refractivity contribution in [2.75, 3.05) is 12.3 Å². The van der Waals surface area contributed by atoms with Gasteiger partial charge in [0.05, 0.1) is 18.8 Å². The number of aldehydes is 1. The van der Waals surface area contributed by atoms with Crippen LogP contribution in [0, 0.1) is 11.5 Å². The average Bonchev–Trinajstić information content (AvgIpc) is 3.21. The molecule has 0 aliphatic carbocycles. The van der Waals surface area contributed by atoms with E-state index in [1.807, 2.05) is 0 Å². The van der Waals surface area contributed by atoms with Crippen molar-refractivity contribution in [3.8, 4) is 12.0 Å². The minimum Gasteiger partial charge on any atom is -0.419 e. The number of nitrogen functional groups attached to an aromatic ring is 1. The van der Waals surface area contributed by atoms with Crippen LogP contribution in [0.3, 0.4) is 0 Å². The second kappa shape index (κ2) is 10.9. The molecule has 12 nitrogen and oxygen atoms in total. The first-order valence-electron chi connectivity index (χ1n) is 9.87. The van der Waals surface area contributed by atoms with E-state index in [9.17, 15) is 14.5 Å². The van der Waals surface area contributed by atoms with Crippen LogP contribution in [0.25, 0.3) is 5.52 Å². The van der Waals surface area contributed by atoms with Gasteiger partial charge in [0, 0.05) is 12.1 Å². The lowest BCUT2D eigenvalue weighted by atomic mass is 10.1. The number of aliphatic hydroxyl groups excluding tert-OH is 1. The van der Waals surface area contributed by atoms with Gasteiger partial charge in [-0.1, -0.05) is 18.2 Å². The standard InChI is InChI=1S/C20H23N6O6P/c1-14(10-27)25-33(29,32-16-5-3-2-4-6-16)31-11-19(30-12-21)18(28)9-15-7-8-17-20(22)23-13-24-26(15)17/h2-8,10,13-14,18-19,28H,9,11H2,1H3,(H,25,29)(H2,22,23,24)/t14-,18-,19+,33?/m0/s1. The van der Waals surface area contributed by atoms with E-state index < -0.39 is 32.6 Å². The fraction of sp³-hybridized carbons (Fsp3) is 0.300. The molecule has 0 saturated carbocycles. The molecule has 0 fully saturated rings. The Balaban J connectivity index is 1.74. The Morgan fingerprint density at radius 1 is 1.33 bits per heavy atom. The highest BCUT2D eigenvalue weighted by Crippen LogP contribution is 2.45. The number of nitriles is 1. The number of ether oxygens (including phenoxy) is 1. The Morgan fingerprint density at radius 3 is 2.79 bits per heavy atom. The fourth-order valence-electron chi connectivity index (χ4n) is 2.96. The molecule has 0 bridgehead atoms. The van der Waals surface area contributed by atoms with Gasteiger partial charge in [-0.25, -0.2) is 19.2 Å². The zero-order chi connectivity index (χ0) is 23.8. The molecule has 4 atom stereocenters. The molecule has 0 spiro atoms. The van der Waals surface area contributed by atoms with E-state index in [1.54, 1.807) is 42.5 Å². The number of nitrogens with one attached hydrogen (secondary N) is 1. The van der Waals surface area contributed by atoms with Gasteiger partial charge in [0.1, 0.15) is 23.9 Å². The van der Waals surface area contributed by atoms with Crippen LogP contribution in [0.4, 0.5) is 5.82 Å². The lowest BCUT2D eigenvalue weighted by molar-refractivity contribution is -0.109. The van der Waals surface area contributed by atoms with Crippen molar-refractivity contribution in [3.05, 3.63) is 54.5 Å². The molecule has 4 N–H and O–H groups in total. The summed E-state index contributed by atoms with van der Waals surface area (Å²) in [5, 5.41) is 26.3. The third kappa shape index (κ3) is 6.27. The molecule has 1 aromatic carbocycles. The quantitative estimate of drug-likeness (QED) is 0.197. The first-order chi connectivity index (χ1) is 15.8. The molecule has 2 aromatic heterocycles. The molecule has 0 aliphatic rings. The number of aliphatic hydroxyl groups is 1. The van der Waals surface area contributed by atoms with E-state index in [-0.39, 0.29) is 18.0 Å². The van der Waals surface area contributed by atoms with E-state index in [0.717, 1.165) is 0 Å². The number of carbonyl (C=O) groups is 1. The molecule has 0 radical (unpaired) electrons. The van der Waals surface area contributed by atoms with Crippen molar-refractivity contribution in [3.63, 3.8) is 0 Å². The summed E-state index contributed by atoms with van der Waals surface area (Å²) >= 11 is 0. The Kier molecular flexibility index (Phi) is 7.97. The average molecular weight is 474 g/mol. The summed E-state index contributed by atoms with van der Waals surface area (Å²) in [6.07, 6.45) is 0.907. The Hall–Kier alpha value is -3.49. The number of carbonyl (C=O) groups excluding carboxylic acids is 1. The highest BCUT2D eigenvalue weighted by atomic mass is 31.2. The van der Waals surface area contributed by atoms with Crippen LogP contribution in [-0.2, 0) is 25.0 Å². The van der Waals surface area contributed by atoms with Crippen molar-refractivity contribution >= 4 is 25.4 Å². The number of nitrogens with zero attached hydrogens (tertiary/aromatic N) is 4. The molecule has 13 heteroatoms. The summed E-state index contributed by atoms with van der Waals surface area (Å²) in [4.78, 5) is 15.0. The van der Waals surface area contributed by atoms with Crippen molar-refractivity contribution in [1.82, 2.24) is 19.7 Å². The number of aromatic nitrogens is 3. The summed E-state index contributed by atoms with van der Waals surface area (Å²) in [6.45, 7) is 0.999. The maximum absolute atomic E-state index is 13.2. The second-order valence-corrected chi connectivity index (χ2v) is 8.73. The van der Waals surface area contributed by atoms with Gasteiger partial charge in [-0.05, 0) is 31.2 Å². The number of fused-ring (bicyclic) bond motifs is 1. The van der Waals surface area contributed by atoms with E-state index in [2.05, 4.69) is 15.2 Å². The van der Waals surface area contributed by atoms with Gasteiger partial charge in [0.25, 0.3) is 6.26 Å². The number of hydrogen-bond donors (Lipinski definition) is 3. The Bertz CT molecular complexity index is 1170. The fourth-order valence-corrected chi connectivity index (χ4v) is 4.44. The molecule has 0 aliphatic heterocycles. The summed E-state index contributed by atoms with van der Waals surface area (Å²) in [5.41, 5.74) is 6.95. The topological polar surface area (TPSA) is 174 Å². The first-order valence-corrected chi connectivity index (χ1v) is 11.4. The van der Waals surface area contributed by atoms with Crippen LogP contribution in [0.15, 0.2) is 48.8 Å². The summed E-state index contributed by atoms with van der Waals surface area (Å²) in [6, 6.07) is 10.8. The lowest BCUT2D eigenvalue weighted by Crippen LogP contribution is -2.36. The largest absolute Gasteiger partial charge is 0.459 e. The van der Waals surface area contributed by atoms with Crippen LogP contribution >= 0.6 is 7.75 Å². The number of nitrogens with two attached hydrogens (primary N) is 1. The third-order valence-corrected chi connectivity index (χ3v) is 6.22. The van der Waals surface area contributed by atoms with Crippen molar-refractivity contribution in [2.45, 2.75) is 31.6 Å². The van der Waals surface area contributed by atoms with Crippen LogP contribution in [0.1, 0.15) is 12.6 Å². The van der Waals surface area contributed by atoms with Crippen LogP contribution in [-0.4, -0.2) is 50.8 Å². The van der Waals surface area contributed by atoms with Crippen LogP contribution < -0.4 is 15.3 Å². The van der Waals surface area contributed by atoms with Crippen molar-refractivity contribution in [1.29, 1.82) is 5.26 Å². The minimum absolute atomic E-state index is 0.0162. The predicted octanol–water partition coefficient (Wildman–Crippen LogP) is 1.46. The molecule has 3 aromatic rings. The zero-order valence-electron chi connectivity index (χ0n) is 17.6. The summed E-state index contributed by atoms with van der Waals surface area (Å²) < 4.78 is 30.6. The summed E-state index contributed by atoms with van der Waals surface area (Å²) in [7, 11) is -4.07. The maximum atomic E-state index is 13.2. The van der Waals surface area contributed by atoms with Gasteiger partial charge in [-0.2, -0.15) is 10.4 Å². The smallest absolute Gasteiger partial charge is 0.419 e. The Labute approximate surface area is 189 Å². The minimum atomic E-state index is -4.07. The normalized spacial score (nSPS) is 15.7. The van der Waals surface area contributed by atoms with Gasteiger partial charge in [0.2, 0.25) is 0 Å². The lowest BCUT2D eigenvalue weighted by Gasteiger charge is -2.25. The van der Waals surface area contributed by atoms with E-state index in [0.29, 0.717) is 17.5 Å². The van der Waals surface area contributed by atoms with Gasteiger partial charge >= 0.3 is 7.75 Å². The number of anilines is 1. The van der Waals surface area contributed by atoms with Gasteiger partial charge in [-0.15, -0.1) is 0 Å². The van der Waals surface area contributed by atoms with Crippen LogP contribution in [0.2, 0.25) is 0 Å². The van der Waals surface area contributed by atoms with Crippen molar-refractivity contribution < 1.29 is 28.3 Å². The van der Waals surface area contributed by atoms with Gasteiger partial charge in [-0.3, -0.25) is 4.52 Å². The van der Waals surface area contributed by atoms with Crippen LogP contribution in [0.5, 0.6) is 5.75 Å². The highest BCUT2D eigenvalue weighted by molar-refractivity contribution is 7.52. The number of hydrogen-bond acceptors (Lipinski definition) is 10. The molecule has 2 heterocycles. The molecule has 33 heavy (non-hydrogen) atoms. The number of benzene rings is 1. The van der Waals surface area contributed by atoms with E-state index in [1.165, 1.54) is 24.0 Å². The molecule has 3 rings (SSSR count). The SMILES string of the molecule is C[C@@H](C=O)NP(=O)(OC[C@@H](OC#N)[C@@H](O)Cc1ccc2c(N)ncnn12)Oc1ccccc1. The molecule has 0 amide bonds. The van der Waals surface area contributed by atoms with Gasteiger partial charge in [0.15, 0.2) is 11.9 Å². The maximum Gasteiger partial charge on any atom is 0.459 e. The highest BCUT2D eigenvalue weighted by Gasteiger charge is 2.33. The van der Waals surface area contributed by atoms with Crippen molar-refractivity contribution in [2.24, 2.45) is 0 Å². The Morgan fingerprint density at radius 2 is 2.09 bits per heavy atom. The third-order valence-electron chi connectivity index (χ3n) is 4.56. The molecular formula is C20H23N6O6P. The zero-order valence-corrected chi connectivity index (χ0v) is 18.5. The monoisotopic (exact) mass is 474 g/mol. The number of para-hydroxylation sites is 1. The van der Waals surface area contributed by atoms with Gasteiger partial charge < -0.3 is 24.9 Å². The predicted molar refractivity (Wildman–Crippen MR) is 117 cm³/mol. The molecular weight excluding hydrogens is 451 g/mol. The molecule has 1 unspecified atom stereocenters. The molecule has 174 valence electrons. The second-order valence-electron chi connectivity index (χ2n) is 7.04.